The van der Waals surface area contributed by atoms with Gasteiger partial charge in [-0.15, -0.1) is 17.0 Å². The average Bonchev–Trinajstić information content (AvgIpc) is 2.40. The molecule has 0 atom stereocenters. The SMILES string of the molecule is Br.Cc1ccc(C)c(C=CC(=O)c2ccc(Cl)cc2)c1. The summed E-state index contributed by atoms with van der Waals surface area (Å²) < 4.78 is 0. The molecule has 2 aromatic carbocycles. The van der Waals surface area contributed by atoms with Crippen LogP contribution in [0.5, 0.6) is 0 Å². The lowest BCUT2D eigenvalue weighted by molar-refractivity contribution is 0.104. The Bertz CT molecular complexity index is 630. The normalized spacial score (nSPS) is 10.3. The maximum absolute atomic E-state index is 12.0. The second-order valence-electron chi connectivity index (χ2n) is 4.56. The molecule has 2 aromatic rings. The highest BCUT2D eigenvalue weighted by atomic mass is 79.9. The van der Waals surface area contributed by atoms with Gasteiger partial charge in [0, 0.05) is 10.6 Å². The minimum atomic E-state index is -0.0161. The van der Waals surface area contributed by atoms with Crippen LogP contribution >= 0.6 is 28.6 Å². The first kappa shape index (κ1) is 16.7. The van der Waals surface area contributed by atoms with E-state index in [1.807, 2.05) is 19.9 Å². The summed E-state index contributed by atoms with van der Waals surface area (Å²) in [5.41, 5.74) is 4.06. The molecule has 104 valence electrons. The number of ketones is 1. The van der Waals surface area contributed by atoms with Crippen molar-refractivity contribution < 1.29 is 4.79 Å². The molecule has 20 heavy (non-hydrogen) atoms. The van der Waals surface area contributed by atoms with Gasteiger partial charge >= 0.3 is 0 Å². The summed E-state index contributed by atoms with van der Waals surface area (Å²) in [6.07, 6.45) is 3.46. The van der Waals surface area contributed by atoms with Gasteiger partial charge in [-0.1, -0.05) is 41.4 Å². The number of benzene rings is 2. The molecule has 0 aliphatic carbocycles. The summed E-state index contributed by atoms with van der Waals surface area (Å²) >= 11 is 5.80. The molecule has 0 amide bonds. The van der Waals surface area contributed by atoms with Gasteiger partial charge in [-0.3, -0.25) is 4.79 Å². The smallest absolute Gasteiger partial charge is 0.185 e. The highest BCUT2D eigenvalue weighted by Crippen LogP contribution is 2.14. The lowest BCUT2D eigenvalue weighted by Gasteiger charge is -2.01. The van der Waals surface area contributed by atoms with E-state index in [4.69, 9.17) is 11.6 Å². The van der Waals surface area contributed by atoms with E-state index in [-0.39, 0.29) is 22.8 Å². The summed E-state index contributed by atoms with van der Waals surface area (Å²) in [7, 11) is 0. The highest BCUT2D eigenvalue weighted by molar-refractivity contribution is 8.93. The molecule has 2 rings (SSSR count). The Morgan fingerprint density at radius 2 is 1.70 bits per heavy atom. The lowest BCUT2D eigenvalue weighted by atomic mass is 10.0. The molecule has 0 spiro atoms. The average molecular weight is 352 g/mol. The van der Waals surface area contributed by atoms with Crippen molar-refractivity contribution in [3.05, 3.63) is 75.8 Å². The molecular weight excluding hydrogens is 336 g/mol. The Morgan fingerprint density at radius 3 is 2.35 bits per heavy atom. The zero-order valence-corrected chi connectivity index (χ0v) is 13.9. The van der Waals surface area contributed by atoms with E-state index in [0.29, 0.717) is 10.6 Å². The molecular formula is C17H16BrClO. The number of carbonyl (C=O) groups excluding carboxylic acids is 1. The lowest BCUT2D eigenvalue weighted by Crippen LogP contribution is -1.93. The highest BCUT2D eigenvalue weighted by Gasteiger charge is 2.01. The summed E-state index contributed by atoms with van der Waals surface area (Å²) in [4.78, 5) is 12.0. The molecule has 0 N–H and O–H groups in total. The Labute approximate surface area is 135 Å². The number of rotatable bonds is 3. The molecule has 0 saturated carbocycles. The van der Waals surface area contributed by atoms with E-state index >= 15 is 0 Å². The molecule has 0 aromatic heterocycles. The number of aryl methyl sites for hydroxylation is 2. The fourth-order valence-corrected chi connectivity index (χ4v) is 1.94. The van der Waals surface area contributed by atoms with Crippen molar-refractivity contribution in [1.29, 1.82) is 0 Å². The summed E-state index contributed by atoms with van der Waals surface area (Å²) in [6.45, 7) is 4.07. The van der Waals surface area contributed by atoms with E-state index in [1.165, 1.54) is 5.56 Å². The van der Waals surface area contributed by atoms with Gasteiger partial charge in [0.2, 0.25) is 0 Å². The molecule has 0 aliphatic rings. The molecule has 0 bridgehead atoms. The van der Waals surface area contributed by atoms with Crippen LogP contribution in [0.4, 0.5) is 0 Å². The zero-order chi connectivity index (χ0) is 13.8. The van der Waals surface area contributed by atoms with Crippen LogP contribution in [0.2, 0.25) is 5.02 Å². The summed E-state index contributed by atoms with van der Waals surface area (Å²) in [5.74, 6) is -0.0161. The van der Waals surface area contributed by atoms with Gasteiger partial charge in [-0.25, -0.2) is 0 Å². The fraction of sp³-hybridized carbons (Fsp3) is 0.118. The van der Waals surface area contributed by atoms with Gasteiger partial charge in [0.1, 0.15) is 0 Å². The van der Waals surface area contributed by atoms with E-state index in [1.54, 1.807) is 30.3 Å². The standard InChI is InChI=1S/C17H15ClO.BrH/c1-12-3-4-13(2)15(11-12)7-10-17(19)14-5-8-16(18)9-6-14;/h3-11H,1-2H3;1H. The molecule has 0 unspecified atom stereocenters. The van der Waals surface area contributed by atoms with Gasteiger partial charge in [-0.05, 0) is 55.3 Å². The Morgan fingerprint density at radius 1 is 1.05 bits per heavy atom. The van der Waals surface area contributed by atoms with Gasteiger partial charge < -0.3 is 0 Å². The Kier molecular flexibility index (Phi) is 6.18. The van der Waals surface area contributed by atoms with Crippen molar-refractivity contribution in [2.45, 2.75) is 13.8 Å². The van der Waals surface area contributed by atoms with Gasteiger partial charge in [0.05, 0.1) is 0 Å². The van der Waals surface area contributed by atoms with Crippen LogP contribution in [0.1, 0.15) is 27.0 Å². The zero-order valence-electron chi connectivity index (χ0n) is 11.4. The van der Waals surface area contributed by atoms with Gasteiger partial charge in [0.25, 0.3) is 0 Å². The molecule has 0 aliphatic heterocycles. The van der Waals surface area contributed by atoms with Crippen LogP contribution in [0.15, 0.2) is 48.5 Å². The Balaban J connectivity index is 0.00000200. The fourth-order valence-electron chi connectivity index (χ4n) is 1.82. The Hall–Kier alpha value is -1.38. The number of allylic oxidation sites excluding steroid dienone is 1. The van der Waals surface area contributed by atoms with Crippen LogP contribution in [0.25, 0.3) is 6.08 Å². The topological polar surface area (TPSA) is 17.1 Å². The molecule has 0 heterocycles. The van der Waals surface area contributed by atoms with Crippen molar-refractivity contribution >= 4 is 40.4 Å². The molecule has 0 saturated heterocycles. The van der Waals surface area contributed by atoms with Crippen LogP contribution in [-0.2, 0) is 0 Å². The third-order valence-corrected chi connectivity index (χ3v) is 3.23. The monoisotopic (exact) mass is 350 g/mol. The van der Waals surface area contributed by atoms with Crippen LogP contribution < -0.4 is 0 Å². The van der Waals surface area contributed by atoms with Gasteiger partial charge in [-0.2, -0.15) is 0 Å². The van der Waals surface area contributed by atoms with Crippen molar-refractivity contribution in [3.63, 3.8) is 0 Å². The van der Waals surface area contributed by atoms with E-state index in [2.05, 4.69) is 18.2 Å². The molecule has 3 heteroatoms. The maximum Gasteiger partial charge on any atom is 0.185 e. The van der Waals surface area contributed by atoms with E-state index in [0.717, 1.165) is 11.1 Å². The predicted molar refractivity (Wildman–Crippen MR) is 91.1 cm³/mol. The number of carbonyl (C=O) groups is 1. The van der Waals surface area contributed by atoms with Gasteiger partial charge in [0.15, 0.2) is 5.78 Å². The van der Waals surface area contributed by atoms with Crippen molar-refractivity contribution in [3.8, 4) is 0 Å². The first-order valence-corrected chi connectivity index (χ1v) is 6.49. The van der Waals surface area contributed by atoms with Crippen molar-refractivity contribution in [2.75, 3.05) is 0 Å². The molecule has 1 nitrogen and oxygen atoms in total. The van der Waals surface area contributed by atoms with Crippen LogP contribution in [0.3, 0.4) is 0 Å². The third-order valence-electron chi connectivity index (χ3n) is 2.98. The largest absolute Gasteiger partial charge is 0.289 e. The van der Waals surface area contributed by atoms with Crippen molar-refractivity contribution in [2.24, 2.45) is 0 Å². The quantitative estimate of drug-likeness (QED) is 0.532. The minimum absolute atomic E-state index is 0. The van der Waals surface area contributed by atoms with E-state index < -0.39 is 0 Å². The first-order chi connectivity index (χ1) is 9.06. The predicted octanol–water partition coefficient (Wildman–Crippen LogP) is 5.43. The van der Waals surface area contributed by atoms with Crippen LogP contribution in [-0.4, -0.2) is 5.78 Å². The number of hydrogen-bond donors (Lipinski definition) is 0. The molecule has 0 fully saturated rings. The maximum atomic E-state index is 12.0. The first-order valence-electron chi connectivity index (χ1n) is 6.11. The van der Waals surface area contributed by atoms with E-state index in [9.17, 15) is 4.79 Å². The van der Waals surface area contributed by atoms with Crippen LogP contribution in [0, 0.1) is 13.8 Å². The third kappa shape index (κ3) is 4.32. The van der Waals surface area contributed by atoms with Crippen molar-refractivity contribution in [1.82, 2.24) is 0 Å². The summed E-state index contributed by atoms with van der Waals surface area (Å²) in [6, 6.07) is 13.1. The summed E-state index contributed by atoms with van der Waals surface area (Å²) in [5, 5.41) is 0.634. The second kappa shape index (κ2) is 7.41. The molecule has 0 radical (unpaired) electrons. The minimum Gasteiger partial charge on any atom is -0.289 e. The number of halogens is 2. The number of hydrogen-bond acceptors (Lipinski definition) is 1. The second-order valence-corrected chi connectivity index (χ2v) is 5.00.